The van der Waals surface area contributed by atoms with Gasteiger partial charge < -0.3 is 15.4 Å². The largest absolute Gasteiger partial charge is 0.466 e. The third-order valence-electron chi connectivity index (χ3n) is 2.24. The van der Waals surface area contributed by atoms with E-state index in [1.165, 1.54) is 0 Å². The van der Waals surface area contributed by atoms with E-state index in [4.69, 9.17) is 4.74 Å². The van der Waals surface area contributed by atoms with E-state index in [0.717, 1.165) is 0 Å². The number of hydrogen-bond donors (Lipinski definition) is 2. The van der Waals surface area contributed by atoms with Crippen LogP contribution in [0.4, 0.5) is 0 Å². The molecule has 2 amide bonds. The van der Waals surface area contributed by atoms with Gasteiger partial charge in [0.25, 0.3) is 0 Å². The molecule has 6 heteroatoms. The van der Waals surface area contributed by atoms with Gasteiger partial charge >= 0.3 is 5.97 Å². The Morgan fingerprint density at radius 1 is 1.00 bits per heavy atom. The topological polar surface area (TPSA) is 84.5 Å². The van der Waals surface area contributed by atoms with Crippen LogP contribution < -0.4 is 10.6 Å². The van der Waals surface area contributed by atoms with E-state index in [1.807, 2.05) is 13.8 Å². The summed E-state index contributed by atoms with van der Waals surface area (Å²) in [6.07, 6.45) is 0.406. The van der Waals surface area contributed by atoms with Crippen molar-refractivity contribution >= 4 is 17.8 Å². The minimum Gasteiger partial charge on any atom is -0.466 e. The first-order chi connectivity index (χ1) is 8.95. The first-order valence-electron chi connectivity index (χ1n) is 6.64. The molecule has 2 N–H and O–H groups in total. The van der Waals surface area contributed by atoms with Crippen LogP contribution >= 0.6 is 0 Å². The summed E-state index contributed by atoms with van der Waals surface area (Å²) in [4.78, 5) is 33.7. The number of hydrogen-bond acceptors (Lipinski definition) is 4. The maximum atomic E-state index is 11.3. The van der Waals surface area contributed by atoms with Crippen LogP contribution in [0.5, 0.6) is 0 Å². The lowest BCUT2D eigenvalue weighted by molar-refractivity contribution is -0.144. The number of ether oxygens (including phenoxy) is 1. The van der Waals surface area contributed by atoms with Crippen molar-refractivity contribution in [2.75, 3.05) is 19.7 Å². The van der Waals surface area contributed by atoms with E-state index in [2.05, 4.69) is 10.6 Å². The summed E-state index contributed by atoms with van der Waals surface area (Å²) in [5, 5.41) is 5.35. The van der Waals surface area contributed by atoms with Gasteiger partial charge in [0.15, 0.2) is 0 Å². The molecular formula is C13H24N2O4. The summed E-state index contributed by atoms with van der Waals surface area (Å²) in [7, 11) is 0. The highest BCUT2D eigenvalue weighted by atomic mass is 16.5. The SMILES string of the molecule is CCOC(=O)CCC(=O)NCCC(=O)NCC(C)C. The zero-order valence-electron chi connectivity index (χ0n) is 12.0. The van der Waals surface area contributed by atoms with E-state index >= 15 is 0 Å². The highest BCUT2D eigenvalue weighted by Gasteiger charge is 2.08. The molecule has 0 aliphatic carbocycles. The molecule has 0 saturated heterocycles. The van der Waals surface area contributed by atoms with Crippen molar-refractivity contribution in [1.29, 1.82) is 0 Å². The molecule has 0 bridgehead atoms. The van der Waals surface area contributed by atoms with Gasteiger partial charge in [0.2, 0.25) is 11.8 Å². The predicted molar refractivity (Wildman–Crippen MR) is 71.3 cm³/mol. The van der Waals surface area contributed by atoms with E-state index in [0.29, 0.717) is 19.1 Å². The summed E-state index contributed by atoms with van der Waals surface area (Å²) < 4.78 is 4.71. The zero-order valence-corrected chi connectivity index (χ0v) is 12.0. The molecule has 0 spiro atoms. The smallest absolute Gasteiger partial charge is 0.306 e. The van der Waals surface area contributed by atoms with Crippen molar-refractivity contribution in [2.45, 2.75) is 40.0 Å². The van der Waals surface area contributed by atoms with Gasteiger partial charge in [-0.1, -0.05) is 13.8 Å². The van der Waals surface area contributed by atoms with Crippen molar-refractivity contribution in [1.82, 2.24) is 10.6 Å². The van der Waals surface area contributed by atoms with E-state index < -0.39 is 0 Å². The Balaban J connectivity index is 3.57. The molecule has 0 atom stereocenters. The normalized spacial score (nSPS) is 10.1. The molecule has 0 unspecified atom stereocenters. The standard InChI is InChI=1S/C13H24N2O4/c1-4-19-13(18)6-5-11(16)14-8-7-12(17)15-9-10(2)3/h10H,4-9H2,1-3H3,(H,14,16)(H,15,17). The molecular weight excluding hydrogens is 248 g/mol. The monoisotopic (exact) mass is 272 g/mol. The molecule has 0 rings (SSSR count). The van der Waals surface area contributed by atoms with Crippen LogP contribution in [0.15, 0.2) is 0 Å². The van der Waals surface area contributed by atoms with Gasteiger partial charge in [-0.05, 0) is 12.8 Å². The maximum Gasteiger partial charge on any atom is 0.306 e. The number of carbonyl (C=O) groups excluding carboxylic acids is 3. The molecule has 6 nitrogen and oxygen atoms in total. The van der Waals surface area contributed by atoms with Crippen molar-refractivity contribution in [3.63, 3.8) is 0 Å². The fourth-order valence-corrected chi connectivity index (χ4v) is 1.26. The van der Waals surface area contributed by atoms with Crippen molar-refractivity contribution < 1.29 is 19.1 Å². The van der Waals surface area contributed by atoms with Crippen LogP contribution in [0, 0.1) is 5.92 Å². The predicted octanol–water partition coefficient (Wildman–Crippen LogP) is 0.608. The van der Waals surface area contributed by atoms with Crippen molar-refractivity contribution in [3.05, 3.63) is 0 Å². The summed E-state index contributed by atoms with van der Waals surface area (Å²) in [5.74, 6) is -0.306. The lowest BCUT2D eigenvalue weighted by Gasteiger charge is -2.08. The van der Waals surface area contributed by atoms with Crippen LogP contribution in [0.3, 0.4) is 0 Å². The molecule has 0 aromatic rings. The molecule has 0 aliphatic heterocycles. The van der Waals surface area contributed by atoms with Crippen LogP contribution in [-0.2, 0) is 19.1 Å². The molecule has 0 radical (unpaired) electrons. The fraction of sp³-hybridized carbons (Fsp3) is 0.769. The first kappa shape index (κ1) is 17.4. The molecule has 110 valence electrons. The van der Waals surface area contributed by atoms with Crippen molar-refractivity contribution in [2.24, 2.45) is 5.92 Å². The molecule has 0 aliphatic rings. The first-order valence-corrected chi connectivity index (χ1v) is 6.64. The number of amides is 2. The Morgan fingerprint density at radius 2 is 1.63 bits per heavy atom. The van der Waals surface area contributed by atoms with E-state index in [-0.39, 0.29) is 43.6 Å². The number of esters is 1. The second-order valence-electron chi connectivity index (χ2n) is 4.60. The molecule has 0 aromatic carbocycles. The van der Waals surface area contributed by atoms with Gasteiger partial charge in [-0.25, -0.2) is 0 Å². The van der Waals surface area contributed by atoms with Gasteiger partial charge in [0.1, 0.15) is 0 Å². The maximum absolute atomic E-state index is 11.3. The summed E-state index contributed by atoms with van der Waals surface area (Å²) in [6.45, 7) is 6.97. The molecule has 0 aromatic heterocycles. The fourth-order valence-electron chi connectivity index (χ4n) is 1.26. The Bertz CT molecular complexity index is 303. The van der Waals surface area contributed by atoms with Crippen molar-refractivity contribution in [3.8, 4) is 0 Å². The molecule has 0 fully saturated rings. The van der Waals surface area contributed by atoms with Gasteiger partial charge in [-0.3, -0.25) is 14.4 Å². The van der Waals surface area contributed by atoms with Crippen LogP contribution in [0.1, 0.15) is 40.0 Å². The Labute approximate surface area is 114 Å². The van der Waals surface area contributed by atoms with Gasteiger partial charge in [-0.2, -0.15) is 0 Å². The zero-order chi connectivity index (χ0) is 14.7. The average Bonchev–Trinajstić information content (AvgIpc) is 2.34. The highest BCUT2D eigenvalue weighted by Crippen LogP contribution is 1.93. The van der Waals surface area contributed by atoms with E-state index in [9.17, 15) is 14.4 Å². The summed E-state index contributed by atoms with van der Waals surface area (Å²) >= 11 is 0. The quantitative estimate of drug-likeness (QED) is 0.602. The molecule has 0 heterocycles. The highest BCUT2D eigenvalue weighted by molar-refractivity contribution is 5.82. The van der Waals surface area contributed by atoms with Gasteiger partial charge in [-0.15, -0.1) is 0 Å². The summed E-state index contributed by atoms with van der Waals surface area (Å²) in [6, 6.07) is 0. The summed E-state index contributed by atoms with van der Waals surface area (Å²) in [5.41, 5.74) is 0. The van der Waals surface area contributed by atoms with Crippen LogP contribution in [0.25, 0.3) is 0 Å². The molecule has 0 saturated carbocycles. The van der Waals surface area contributed by atoms with Crippen LogP contribution in [-0.4, -0.2) is 37.5 Å². The average molecular weight is 272 g/mol. The Morgan fingerprint density at radius 3 is 2.21 bits per heavy atom. The van der Waals surface area contributed by atoms with Crippen LogP contribution in [0.2, 0.25) is 0 Å². The lowest BCUT2D eigenvalue weighted by Crippen LogP contribution is -2.32. The van der Waals surface area contributed by atoms with Gasteiger partial charge in [0, 0.05) is 25.9 Å². The Hall–Kier alpha value is -1.59. The van der Waals surface area contributed by atoms with Gasteiger partial charge in [0.05, 0.1) is 13.0 Å². The second-order valence-corrected chi connectivity index (χ2v) is 4.60. The lowest BCUT2D eigenvalue weighted by atomic mass is 10.2. The molecule has 19 heavy (non-hydrogen) atoms. The second kappa shape index (κ2) is 10.3. The van der Waals surface area contributed by atoms with E-state index in [1.54, 1.807) is 6.92 Å². The third-order valence-corrected chi connectivity index (χ3v) is 2.24. The Kier molecular flexibility index (Phi) is 9.48. The number of rotatable bonds is 9. The minimum absolute atomic E-state index is 0.0687. The minimum atomic E-state index is -0.382. The number of nitrogens with one attached hydrogen (secondary N) is 2. The number of carbonyl (C=O) groups is 3. The third kappa shape index (κ3) is 11.2.